The molecule has 0 unspecified atom stereocenters. The number of hydrogen-bond acceptors (Lipinski definition) is 3. The molecule has 1 aliphatic rings. The molecule has 1 saturated heterocycles. The molecule has 0 aromatic heterocycles. The highest BCUT2D eigenvalue weighted by atomic mass is 16.2. The van der Waals surface area contributed by atoms with Crippen LogP contribution >= 0.6 is 0 Å². The third-order valence-corrected chi connectivity index (χ3v) is 5.20. The zero-order valence-electron chi connectivity index (χ0n) is 16.9. The number of anilines is 2. The molecule has 0 saturated carbocycles. The van der Waals surface area contributed by atoms with Gasteiger partial charge in [-0.05, 0) is 36.2 Å². The highest BCUT2D eigenvalue weighted by molar-refractivity contribution is 6.06. The molecular weight excluding hydrogens is 350 g/mol. The predicted molar refractivity (Wildman–Crippen MR) is 114 cm³/mol. The molecule has 0 spiro atoms. The fourth-order valence-corrected chi connectivity index (χ4v) is 3.47. The van der Waals surface area contributed by atoms with Crippen molar-refractivity contribution in [1.29, 1.82) is 0 Å². The largest absolute Gasteiger partial charge is 0.366 e. The summed E-state index contributed by atoms with van der Waals surface area (Å²) in [6.07, 6.45) is 0.954. The number of carbonyl (C=O) groups excluding carboxylic acids is 2. The maximum atomic E-state index is 12.7. The second-order valence-electron chi connectivity index (χ2n) is 7.49. The Morgan fingerprint density at radius 2 is 1.61 bits per heavy atom. The first-order chi connectivity index (χ1) is 13.5. The van der Waals surface area contributed by atoms with E-state index in [1.54, 1.807) is 0 Å². The van der Waals surface area contributed by atoms with Gasteiger partial charge in [0.1, 0.15) is 0 Å². The van der Waals surface area contributed by atoms with Gasteiger partial charge in [0.25, 0.3) is 5.91 Å². The van der Waals surface area contributed by atoms with Crippen LogP contribution in [0.3, 0.4) is 0 Å². The Labute approximate surface area is 167 Å². The van der Waals surface area contributed by atoms with Crippen LogP contribution < -0.4 is 10.2 Å². The second-order valence-corrected chi connectivity index (χ2v) is 7.49. The van der Waals surface area contributed by atoms with Crippen LogP contribution in [0.2, 0.25) is 0 Å². The lowest BCUT2D eigenvalue weighted by atomic mass is 10.1. The van der Waals surface area contributed by atoms with Crippen molar-refractivity contribution in [2.24, 2.45) is 5.92 Å². The molecule has 2 amide bonds. The first-order valence-corrected chi connectivity index (χ1v) is 10.0. The Bertz CT molecular complexity index is 822. The fourth-order valence-electron chi connectivity index (χ4n) is 3.47. The van der Waals surface area contributed by atoms with Crippen LogP contribution in [0.1, 0.15) is 36.7 Å². The van der Waals surface area contributed by atoms with E-state index < -0.39 is 0 Å². The number of carbonyl (C=O) groups is 2. The summed E-state index contributed by atoms with van der Waals surface area (Å²) in [5.74, 6) is 0.123. The summed E-state index contributed by atoms with van der Waals surface area (Å²) in [4.78, 5) is 29.1. The van der Waals surface area contributed by atoms with Gasteiger partial charge in [0, 0.05) is 37.7 Å². The molecule has 0 radical (unpaired) electrons. The minimum atomic E-state index is -0.108. The maximum Gasteiger partial charge on any atom is 0.255 e. The van der Waals surface area contributed by atoms with Crippen LogP contribution in [0.4, 0.5) is 11.4 Å². The average Bonchev–Trinajstić information content (AvgIpc) is 2.73. The van der Waals surface area contributed by atoms with E-state index in [0.29, 0.717) is 18.7 Å². The highest BCUT2D eigenvalue weighted by Gasteiger charge is 2.24. The van der Waals surface area contributed by atoms with E-state index in [0.717, 1.165) is 30.9 Å². The third-order valence-electron chi connectivity index (χ3n) is 5.20. The summed E-state index contributed by atoms with van der Waals surface area (Å²) in [6, 6.07) is 15.6. The van der Waals surface area contributed by atoms with Gasteiger partial charge in [-0.3, -0.25) is 9.59 Å². The number of para-hydroxylation sites is 2. The molecule has 0 bridgehead atoms. The van der Waals surface area contributed by atoms with Crippen molar-refractivity contribution < 1.29 is 9.59 Å². The van der Waals surface area contributed by atoms with Crippen LogP contribution in [-0.2, 0) is 11.2 Å². The fraction of sp³-hybridized carbons (Fsp3) is 0.391. The summed E-state index contributed by atoms with van der Waals surface area (Å²) in [5, 5.41) is 3.05. The van der Waals surface area contributed by atoms with Gasteiger partial charge < -0.3 is 15.1 Å². The number of rotatable bonds is 5. The Kier molecular flexibility index (Phi) is 6.34. The molecular formula is C23H29N3O2. The molecule has 28 heavy (non-hydrogen) atoms. The summed E-state index contributed by atoms with van der Waals surface area (Å²) < 4.78 is 0. The van der Waals surface area contributed by atoms with Gasteiger partial charge >= 0.3 is 0 Å². The summed E-state index contributed by atoms with van der Waals surface area (Å²) in [5.41, 5.74) is 3.67. The Balaban J connectivity index is 1.69. The van der Waals surface area contributed by atoms with Gasteiger partial charge in [0.05, 0.1) is 11.4 Å². The lowest BCUT2D eigenvalue weighted by Crippen LogP contribution is -2.50. The molecule has 2 aromatic rings. The van der Waals surface area contributed by atoms with Gasteiger partial charge in [-0.15, -0.1) is 0 Å². The van der Waals surface area contributed by atoms with Gasteiger partial charge in [-0.2, -0.15) is 0 Å². The zero-order valence-corrected chi connectivity index (χ0v) is 16.9. The molecule has 1 N–H and O–H groups in total. The van der Waals surface area contributed by atoms with E-state index in [-0.39, 0.29) is 17.7 Å². The number of nitrogens with zero attached hydrogens (tertiary/aromatic N) is 2. The van der Waals surface area contributed by atoms with E-state index in [4.69, 9.17) is 0 Å². The monoisotopic (exact) mass is 379 g/mol. The summed E-state index contributed by atoms with van der Waals surface area (Å²) in [6.45, 7) is 8.90. The van der Waals surface area contributed by atoms with E-state index >= 15 is 0 Å². The lowest BCUT2D eigenvalue weighted by molar-refractivity contribution is -0.134. The number of amides is 2. The molecule has 1 aliphatic heterocycles. The molecule has 1 fully saturated rings. The SMILES string of the molecule is CCc1ccc(C(=O)Nc2ccccc2N2CCN(C(=O)C(C)C)CC2)cc1. The molecule has 0 aliphatic carbocycles. The molecule has 0 atom stereocenters. The Morgan fingerprint density at radius 1 is 0.964 bits per heavy atom. The van der Waals surface area contributed by atoms with Crippen molar-refractivity contribution in [2.75, 3.05) is 36.4 Å². The van der Waals surface area contributed by atoms with Crippen molar-refractivity contribution in [2.45, 2.75) is 27.2 Å². The van der Waals surface area contributed by atoms with Crippen LogP contribution in [0.5, 0.6) is 0 Å². The first-order valence-electron chi connectivity index (χ1n) is 10.0. The lowest BCUT2D eigenvalue weighted by Gasteiger charge is -2.37. The molecule has 1 heterocycles. The van der Waals surface area contributed by atoms with Crippen molar-refractivity contribution in [3.05, 3.63) is 59.7 Å². The van der Waals surface area contributed by atoms with Crippen LogP contribution in [0.25, 0.3) is 0 Å². The number of piperazine rings is 1. The molecule has 3 rings (SSSR count). The summed E-state index contributed by atoms with van der Waals surface area (Å²) >= 11 is 0. The van der Waals surface area contributed by atoms with Crippen LogP contribution in [0, 0.1) is 5.92 Å². The minimum Gasteiger partial charge on any atom is -0.366 e. The van der Waals surface area contributed by atoms with Gasteiger partial charge in [0.2, 0.25) is 5.91 Å². The van der Waals surface area contributed by atoms with E-state index in [1.807, 2.05) is 67.3 Å². The number of hydrogen-bond donors (Lipinski definition) is 1. The predicted octanol–water partition coefficient (Wildman–Crippen LogP) is 3.81. The summed E-state index contributed by atoms with van der Waals surface area (Å²) in [7, 11) is 0. The molecule has 2 aromatic carbocycles. The standard InChI is InChI=1S/C23H29N3O2/c1-4-18-9-11-19(12-10-18)22(27)24-20-7-5-6-8-21(20)25-13-15-26(16-14-25)23(28)17(2)3/h5-12,17H,4,13-16H2,1-3H3,(H,24,27). The van der Waals surface area contributed by atoms with Crippen molar-refractivity contribution in [3.8, 4) is 0 Å². The van der Waals surface area contributed by atoms with Gasteiger partial charge in [0.15, 0.2) is 0 Å². The van der Waals surface area contributed by atoms with E-state index in [1.165, 1.54) is 5.56 Å². The molecule has 148 valence electrons. The molecule has 5 nitrogen and oxygen atoms in total. The third kappa shape index (κ3) is 4.53. The average molecular weight is 380 g/mol. The number of nitrogens with one attached hydrogen (secondary N) is 1. The topological polar surface area (TPSA) is 52.7 Å². The highest BCUT2D eigenvalue weighted by Crippen LogP contribution is 2.27. The number of benzene rings is 2. The minimum absolute atomic E-state index is 0.0252. The van der Waals surface area contributed by atoms with Crippen molar-refractivity contribution in [1.82, 2.24) is 4.90 Å². The van der Waals surface area contributed by atoms with Gasteiger partial charge in [-0.1, -0.05) is 45.0 Å². The quantitative estimate of drug-likeness (QED) is 0.860. The second kappa shape index (κ2) is 8.91. The maximum absolute atomic E-state index is 12.7. The van der Waals surface area contributed by atoms with E-state index in [2.05, 4.69) is 17.1 Å². The zero-order chi connectivity index (χ0) is 20.1. The van der Waals surface area contributed by atoms with Gasteiger partial charge in [-0.25, -0.2) is 0 Å². The van der Waals surface area contributed by atoms with Crippen molar-refractivity contribution in [3.63, 3.8) is 0 Å². The normalized spacial score (nSPS) is 14.3. The Morgan fingerprint density at radius 3 is 2.21 bits per heavy atom. The van der Waals surface area contributed by atoms with E-state index in [9.17, 15) is 9.59 Å². The smallest absolute Gasteiger partial charge is 0.255 e. The first kappa shape index (κ1) is 19.9. The number of aryl methyl sites for hydroxylation is 1. The van der Waals surface area contributed by atoms with Crippen molar-refractivity contribution >= 4 is 23.2 Å². The molecule has 5 heteroatoms. The van der Waals surface area contributed by atoms with Crippen LogP contribution in [0.15, 0.2) is 48.5 Å². The van der Waals surface area contributed by atoms with Crippen LogP contribution in [-0.4, -0.2) is 42.9 Å². The Hall–Kier alpha value is -2.82.